The molecule has 0 unspecified atom stereocenters. The van der Waals surface area contributed by atoms with Gasteiger partial charge in [-0.3, -0.25) is 0 Å². The Labute approximate surface area is 290 Å². The summed E-state index contributed by atoms with van der Waals surface area (Å²) in [6.45, 7) is 4.62. The Hall–Kier alpha value is -4.24. The van der Waals surface area contributed by atoms with Crippen molar-refractivity contribution in [3.05, 3.63) is 47.5 Å². The molecule has 50 heavy (non-hydrogen) atoms. The number of terminal acetylenes is 1. The number of ether oxygens (including phenoxy) is 2. The van der Waals surface area contributed by atoms with Gasteiger partial charge in [-0.15, -0.1) is 6.42 Å². The van der Waals surface area contributed by atoms with E-state index in [2.05, 4.69) is 40.0 Å². The van der Waals surface area contributed by atoms with E-state index in [0.717, 1.165) is 45.3 Å². The number of piperidine rings is 1. The summed E-state index contributed by atoms with van der Waals surface area (Å²) >= 11 is 0. The van der Waals surface area contributed by atoms with Gasteiger partial charge in [-0.25, -0.2) is 8.78 Å². The van der Waals surface area contributed by atoms with E-state index in [0.29, 0.717) is 59.6 Å². The fourth-order valence-electron chi connectivity index (χ4n) is 8.90. The van der Waals surface area contributed by atoms with Crippen molar-refractivity contribution in [3.63, 3.8) is 0 Å². The van der Waals surface area contributed by atoms with E-state index in [4.69, 9.17) is 25.9 Å². The van der Waals surface area contributed by atoms with Crippen LogP contribution in [-0.2, 0) is 0 Å². The molecule has 4 atom stereocenters. The largest absolute Gasteiger partial charge is 0.508 e. The Kier molecular flexibility index (Phi) is 7.57. The van der Waals surface area contributed by atoms with Gasteiger partial charge in [-0.2, -0.15) is 9.97 Å². The number of rotatable bonds is 7. The van der Waals surface area contributed by atoms with Gasteiger partial charge in [0.2, 0.25) is 0 Å². The average Bonchev–Trinajstić information content (AvgIpc) is 3.80. The molecule has 4 aromatic rings. The Morgan fingerprint density at radius 1 is 1.10 bits per heavy atom. The van der Waals surface area contributed by atoms with Crippen LogP contribution in [0, 0.1) is 29.4 Å². The predicted octanol–water partition coefficient (Wildman–Crippen LogP) is 5.30. The van der Waals surface area contributed by atoms with Gasteiger partial charge >= 0.3 is 6.01 Å². The maximum atomic E-state index is 17.2. The van der Waals surface area contributed by atoms with Gasteiger partial charge in [-0.1, -0.05) is 12.0 Å². The number of fused-ring (bicyclic) bond motifs is 6. The van der Waals surface area contributed by atoms with Crippen LogP contribution < -0.4 is 19.7 Å². The van der Waals surface area contributed by atoms with Crippen LogP contribution in [0.3, 0.4) is 0 Å². The van der Waals surface area contributed by atoms with Crippen molar-refractivity contribution in [2.75, 3.05) is 58.4 Å². The van der Waals surface area contributed by atoms with Crippen LogP contribution in [0.4, 0.5) is 14.6 Å². The Morgan fingerprint density at radius 2 is 1.96 bits per heavy atom. The molecule has 4 fully saturated rings. The first kappa shape index (κ1) is 31.7. The van der Waals surface area contributed by atoms with Crippen LogP contribution >= 0.6 is 0 Å². The van der Waals surface area contributed by atoms with Gasteiger partial charge in [0.1, 0.15) is 35.3 Å². The molecular formula is C39H42F2N6O3. The SMILES string of the molecule is C#Cc1c(F)ccc2cc(O)cc(-c3cc4c5c(nc(OCC6(CN7CCC[C@H](N(C)C)C7)CC6)nc5c3F)N3C[C@H]5CC[C@H](N5)[C@H]3CO4)c12. The second-order valence-corrected chi connectivity index (χ2v) is 15.3. The fraction of sp³-hybridized carbons (Fsp3) is 0.487. The van der Waals surface area contributed by atoms with Gasteiger partial charge in [0, 0.05) is 54.1 Å². The van der Waals surface area contributed by atoms with E-state index in [1.54, 1.807) is 6.07 Å². The molecule has 9 nitrogen and oxygen atoms in total. The first-order valence-electron chi connectivity index (χ1n) is 17.8. The number of aromatic nitrogens is 2. The maximum absolute atomic E-state index is 17.2. The van der Waals surface area contributed by atoms with Crippen molar-refractivity contribution < 1.29 is 23.4 Å². The second kappa shape index (κ2) is 11.9. The van der Waals surface area contributed by atoms with Gasteiger partial charge in [0.05, 0.1) is 23.6 Å². The summed E-state index contributed by atoms with van der Waals surface area (Å²) < 4.78 is 45.2. The highest BCUT2D eigenvalue weighted by Gasteiger charge is 2.47. The molecule has 1 aromatic heterocycles. The summed E-state index contributed by atoms with van der Waals surface area (Å²) in [6.07, 6.45) is 12.4. The number of benzene rings is 3. The van der Waals surface area contributed by atoms with Gasteiger partial charge in [0.15, 0.2) is 5.82 Å². The third kappa shape index (κ3) is 5.31. The lowest BCUT2D eigenvalue weighted by Gasteiger charge is -2.40. The lowest BCUT2D eigenvalue weighted by Crippen LogP contribution is -2.60. The lowest BCUT2D eigenvalue weighted by molar-refractivity contribution is 0.0954. The molecule has 11 heteroatoms. The van der Waals surface area contributed by atoms with E-state index in [1.165, 1.54) is 37.1 Å². The first-order chi connectivity index (χ1) is 24.2. The van der Waals surface area contributed by atoms with Crippen molar-refractivity contribution in [2.45, 2.75) is 62.7 Å². The van der Waals surface area contributed by atoms with E-state index in [1.807, 2.05) is 0 Å². The molecule has 260 valence electrons. The molecule has 3 saturated heterocycles. The van der Waals surface area contributed by atoms with Crippen LogP contribution in [-0.4, -0.2) is 103 Å². The minimum Gasteiger partial charge on any atom is -0.508 e. The molecule has 3 aromatic carbocycles. The third-order valence-corrected chi connectivity index (χ3v) is 11.8. The number of nitrogens with one attached hydrogen (secondary N) is 1. The third-order valence-electron chi connectivity index (χ3n) is 11.8. The monoisotopic (exact) mass is 680 g/mol. The number of halogens is 2. The number of nitrogens with zero attached hydrogens (tertiary/aromatic N) is 5. The normalized spacial score (nSPS) is 25.3. The maximum Gasteiger partial charge on any atom is 0.319 e. The molecule has 1 aliphatic carbocycles. The molecule has 4 aliphatic heterocycles. The predicted molar refractivity (Wildman–Crippen MR) is 189 cm³/mol. The summed E-state index contributed by atoms with van der Waals surface area (Å²) in [6, 6.07) is 8.50. The number of phenols is 1. The molecule has 0 amide bonds. The van der Waals surface area contributed by atoms with Crippen LogP contribution in [0.25, 0.3) is 32.8 Å². The Balaban J connectivity index is 1.15. The number of piperazine rings is 1. The standard InChI is InChI=1S/C39H42F2N6O3/c1-4-26-29(40)9-7-22-14-25(48)15-27(33(22)26)28-16-32-34-36(35(28)41)43-38(44-37(34)47-17-23-8-10-30(42-23)31(47)19-49-32)50-21-39(11-12-39)20-46-13-5-6-24(18-46)45(2)3/h1,7,9,14-16,23-24,30-31,42,48H,5-6,8,10-13,17-21H2,2-3H3/t23-,24+,30+,31-/m1/s1. The fourth-order valence-corrected chi connectivity index (χ4v) is 8.90. The molecule has 5 heterocycles. The van der Waals surface area contributed by atoms with Gasteiger partial charge in [0.25, 0.3) is 0 Å². The van der Waals surface area contributed by atoms with Crippen molar-refractivity contribution in [2.24, 2.45) is 5.41 Å². The molecule has 5 aliphatic rings. The topological polar surface area (TPSA) is 86.2 Å². The van der Waals surface area contributed by atoms with Gasteiger partial charge in [-0.05, 0) is 94.4 Å². The number of anilines is 1. The summed E-state index contributed by atoms with van der Waals surface area (Å²) in [4.78, 5) is 16.9. The summed E-state index contributed by atoms with van der Waals surface area (Å²) in [5.74, 6) is 2.14. The molecule has 9 rings (SSSR count). The summed E-state index contributed by atoms with van der Waals surface area (Å²) in [7, 11) is 4.31. The van der Waals surface area contributed by atoms with E-state index in [-0.39, 0.29) is 51.5 Å². The highest BCUT2D eigenvalue weighted by molar-refractivity contribution is 6.06. The second-order valence-electron chi connectivity index (χ2n) is 15.3. The minimum atomic E-state index is -0.638. The number of aromatic hydroxyl groups is 1. The summed E-state index contributed by atoms with van der Waals surface area (Å²) in [5, 5.41) is 15.8. The van der Waals surface area contributed by atoms with Crippen LogP contribution in [0.2, 0.25) is 0 Å². The Morgan fingerprint density at radius 3 is 2.76 bits per heavy atom. The highest BCUT2D eigenvalue weighted by atomic mass is 19.1. The molecular weight excluding hydrogens is 638 g/mol. The molecule has 0 radical (unpaired) electrons. The van der Waals surface area contributed by atoms with Crippen LogP contribution in [0.5, 0.6) is 17.5 Å². The number of likely N-dealkylation sites (tertiary alicyclic amines) is 1. The quantitative estimate of drug-likeness (QED) is 0.253. The van der Waals surface area contributed by atoms with Crippen molar-refractivity contribution >= 4 is 27.5 Å². The molecule has 0 spiro atoms. The highest BCUT2D eigenvalue weighted by Crippen LogP contribution is 2.49. The molecule has 2 bridgehead atoms. The van der Waals surface area contributed by atoms with E-state index < -0.39 is 11.6 Å². The number of phenolic OH excluding ortho intramolecular Hbond substituents is 1. The zero-order valence-electron chi connectivity index (χ0n) is 28.5. The van der Waals surface area contributed by atoms with Crippen LogP contribution in [0.1, 0.15) is 44.1 Å². The zero-order valence-corrected chi connectivity index (χ0v) is 28.5. The smallest absolute Gasteiger partial charge is 0.319 e. The van der Waals surface area contributed by atoms with Crippen molar-refractivity contribution in [1.82, 2.24) is 25.1 Å². The van der Waals surface area contributed by atoms with Crippen molar-refractivity contribution in [3.8, 4) is 41.0 Å². The van der Waals surface area contributed by atoms with Crippen molar-refractivity contribution in [1.29, 1.82) is 0 Å². The van der Waals surface area contributed by atoms with Gasteiger partial charge < -0.3 is 34.6 Å². The zero-order chi connectivity index (χ0) is 34.3. The minimum absolute atomic E-state index is 0.00393. The molecule has 2 N–H and O–H groups in total. The van der Waals surface area contributed by atoms with Crippen LogP contribution in [0.15, 0.2) is 30.3 Å². The molecule has 1 saturated carbocycles. The first-order valence-corrected chi connectivity index (χ1v) is 17.8. The number of hydrogen-bond donors (Lipinski definition) is 2. The summed E-state index contributed by atoms with van der Waals surface area (Å²) in [5.41, 5.74) is 0.434. The average molecular weight is 681 g/mol. The van der Waals surface area contributed by atoms with E-state index >= 15 is 8.78 Å². The number of hydrogen-bond acceptors (Lipinski definition) is 9. The van der Waals surface area contributed by atoms with E-state index in [9.17, 15) is 5.11 Å². The number of likely N-dealkylation sites (N-methyl/N-ethyl adjacent to an activating group) is 1. The lowest BCUT2D eigenvalue weighted by atomic mass is 9.92. The Bertz CT molecular complexity index is 2060.